The lowest BCUT2D eigenvalue weighted by Gasteiger charge is -2.31. The van der Waals surface area contributed by atoms with Gasteiger partial charge in [-0.3, -0.25) is 0 Å². The Hall–Kier alpha value is -3.07. The number of hydrogen-bond acceptors (Lipinski definition) is 8. The van der Waals surface area contributed by atoms with Crippen LogP contribution in [0.15, 0.2) is 58.3 Å². The highest BCUT2D eigenvalue weighted by Gasteiger charge is 2.37. The van der Waals surface area contributed by atoms with Crippen LogP contribution < -0.4 is 10.0 Å². The van der Waals surface area contributed by atoms with Gasteiger partial charge >= 0.3 is 6.18 Å². The Kier molecular flexibility index (Phi) is 7.29. The predicted molar refractivity (Wildman–Crippen MR) is 129 cm³/mol. The van der Waals surface area contributed by atoms with E-state index in [1.165, 1.54) is 48.5 Å². The van der Waals surface area contributed by atoms with Crippen molar-refractivity contribution in [3.05, 3.63) is 65.5 Å². The van der Waals surface area contributed by atoms with Gasteiger partial charge in [0.25, 0.3) is 0 Å². The van der Waals surface area contributed by atoms with Gasteiger partial charge in [0.15, 0.2) is 9.84 Å². The van der Waals surface area contributed by atoms with Crippen LogP contribution in [0, 0.1) is 0 Å². The van der Waals surface area contributed by atoms with Crippen LogP contribution in [-0.2, 0) is 37.2 Å². The second kappa shape index (κ2) is 10.0. The molecule has 2 heterocycles. The smallest absolute Gasteiger partial charge is 0.378 e. The lowest BCUT2D eigenvalue weighted by molar-refractivity contribution is -0.144. The molecule has 2 N–H and O–H groups in total. The number of sulfone groups is 1. The maximum Gasteiger partial charge on any atom is 0.451 e. The second-order valence-electron chi connectivity index (χ2n) is 8.46. The van der Waals surface area contributed by atoms with Crippen molar-refractivity contribution in [2.75, 3.05) is 37.5 Å². The van der Waals surface area contributed by atoms with Crippen molar-refractivity contribution in [3.63, 3.8) is 0 Å². The summed E-state index contributed by atoms with van der Waals surface area (Å²) in [5.74, 6) is -1.26. The molecule has 9 nitrogen and oxygen atoms in total. The number of nitrogens with zero attached hydrogens (tertiary/aromatic N) is 3. The van der Waals surface area contributed by atoms with Crippen LogP contribution in [0.5, 0.6) is 0 Å². The van der Waals surface area contributed by atoms with Gasteiger partial charge in [0, 0.05) is 36.9 Å². The van der Waals surface area contributed by atoms with Gasteiger partial charge in [0.05, 0.1) is 28.7 Å². The minimum absolute atomic E-state index is 0.00915. The van der Waals surface area contributed by atoms with Gasteiger partial charge in [-0.2, -0.15) is 13.2 Å². The van der Waals surface area contributed by atoms with Crippen molar-refractivity contribution in [1.29, 1.82) is 0 Å². The molecule has 1 saturated heterocycles. The maximum absolute atomic E-state index is 13.8. The Morgan fingerprint density at radius 2 is 1.49 bits per heavy atom. The Balaban J connectivity index is 1.91. The van der Waals surface area contributed by atoms with Gasteiger partial charge in [0.1, 0.15) is 5.82 Å². The molecule has 0 atom stereocenters. The van der Waals surface area contributed by atoms with Crippen LogP contribution in [0.3, 0.4) is 0 Å². The lowest BCUT2D eigenvalue weighted by Crippen LogP contribution is -2.38. The number of aromatic nitrogens is 2. The van der Waals surface area contributed by atoms with E-state index >= 15 is 0 Å². The fourth-order valence-corrected chi connectivity index (χ4v) is 5.04. The van der Waals surface area contributed by atoms with E-state index in [4.69, 9.17) is 9.88 Å². The SMILES string of the molecule is CS(=O)(=O)c1ccc(-c2nc(C(F)(F)F)nc(N3CCOCC3)c2Cc2ccc(S(N)(=O)=O)cc2)cc1. The highest BCUT2D eigenvalue weighted by molar-refractivity contribution is 7.90. The highest BCUT2D eigenvalue weighted by Crippen LogP contribution is 2.36. The van der Waals surface area contributed by atoms with Gasteiger partial charge in [-0.15, -0.1) is 0 Å². The number of halogens is 3. The Labute approximate surface area is 212 Å². The standard InChI is InChI=1S/C23H23F3N4O5S2/c1-36(31,32)17-8-4-16(5-9-17)20-19(14-15-2-6-18(7-3-15)37(27,33)34)21(30-10-12-35-13-11-30)29-22(28-20)23(24,25)26/h2-9H,10-14H2,1H3,(H2,27,33,34). The molecule has 0 aliphatic carbocycles. The average molecular weight is 557 g/mol. The minimum atomic E-state index is -4.84. The predicted octanol–water partition coefficient (Wildman–Crippen LogP) is 2.64. The number of nitrogens with two attached hydrogens (primary N) is 1. The van der Waals surface area contributed by atoms with Gasteiger partial charge in [0.2, 0.25) is 15.8 Å². The van der Waals surface area contributed by atoms with Gasteiger partial charge in [-0.25, -0.2) is 31.9 Å². The fourth-order valence-electron chi connectivity index (χ4n) is 3.90. The Morgan fingerprint density at radius 1 is 0.919 bits per heavy atom. The third kappa shape index (κ3) is 6.26. The summed E-state index contributed by atoms with van der Waals surface area (Å²) in [4.78, 5) is 9.33. The van der Waals surface area contributed by atoms with Gasteiger partial charge in [-0.05, 0) is 29.8 Å². The summed E-state index contributed by atoms with van der Waals surface area (Å²) < 4.78 is 93.9. The molecule has 0 bridgehead atoms. The first-order valence-corrected chi connectivity index (χ1v) is 14.4. The van der Waals surface area contributed by atoms with Gasteiger partial charge < -0.3 is 9.64 Å². The number of hydrogen-bond donors (Lipinski definition) is 1. The first-order chi connectivity index (χ1) is 17.2. The van der Waals surface area contributed by atoms with E-state index < -0.39 is 31.9 Å². The van der Waals surface area contributed by atoms with E-state index in [-0.39, 0.29) is 33.3 Å². The number of benzene rings is 2. The van der Waals surface area contributed by atoms with Crippen molar-refractivity contribution in [2.24, 2.45) is 5.14 Å². The molecule has 0 radical (unpaired) electrons. The quantitative estimate of drug-likeness (QED) is 0.490. The number of alkyl halides is 3. The van der Waals surface area contributed by atoms with Crippen molar-refractivity contribution >= 4 is 25.7 Å². The molecule has 3 aromatic rings. The van der Waals surface area contributed by atoms with Crippen molar-refractivity contribution in [2.45, 2.75) is 22.4 Å². The summed E-state index contributed by atoms with van der Waals surface area (Å²) in [7, 11) is -7.46. The zero-order chi connectivity index (χ0) is 27.0. The van der Waals surface area contributed by atoms with Crippen LogP contribution >= 0.6 is 0 Å². The molecule has 0 spiro atoms. The molecule has 0 saturated carbocycles. The fraction of sp³-hybridized carbons (Fsp3) is 0.304. The molecule has 1 aliphatic rings. The minimum Gasteiger partial charge on any atom is -0.378 e. The summed E-state index contributed by atoms with van der Waals surface area (Å²) in [5, 5.41) is 5.17. The largest absolute Gasteiger partial charge is 0.451 e. The zero-order valence-corrected chi connectivity index (χ0v) is 21.2. The third-order valence-electron chi connectivity index (χ3n) is 5.74. The topological polar surface area (TPSA) is 133 Å². The van der Waals surface area contributed by atoms with Crippen LogP contribution in [-0.4, -0.2) is 59.4 Å². The summed E-state index contributed by atoms with van der Waals surface area (Å²) in [6.45, 7) is 1.20. The summed E-state index contributed by atoms with van der Waals surface area (Å²) in [6.07, 6.45) is -3.74. The molecular formula is C23H23F3N4O5S2. The van der Waals surface area contributed by atoms with Crippen LogP contribution in [0.1, 0.15) is 17.0 Å². The summed E-state index contributed by atoms with van der Waals surface area (Å²) in [6, 6.07) is 11.0. The van der Waals surface area contributed by atoms with E-state index in [1.54, 1.807) is 4.90 Å². The molecule has 2 aromatic carbocycles. The molecule has 4 rings (SSSR count). The van der Waals surface area contributed by atoms with E-state index in [0.29, 0.717) is 37.4 Å². The van der Waals surface area contributed by atoms with Crippen molar-refractivity contribution < 1.29 is 34.7 Å². The molecule has 37 heavy (non-hydrogen) atoms. The van der Waals surface area contributed by atoms with Crippen LogP contribution in [0.2, 0.25) is 0 Å². The molecule has 198 valence electrons. The molecular weight excluding hydrogens is 533 g/mol. The number of morpholine rings is 1. The summed E-state index contributed by atoms with van der Waals surface area (Å²) in [5.41, 5.74) is 1.20. The number of anilines is 1. The first-order valence-electron chi connectivity index (χ1n) is 11.0. The molecule has 1 aliphatic heterocycles. The highest BCUT2D eigenvalue weighted by atomic mass is 32.2. The van der Waals surface area contributed by atoms with E-state index in [2.05, 4.69) is 9.97 Å². The maximum atomic E-state index is 13.8. The first kappa shape index (κ1) is 27.0. The Morgan fingerprint density at radius 3 is 2.00 bits per heavy atom. The monoisotopic (exact) mass is 556 g/mol. The van der Waals surface area contributed by atoms with Gasteiger partial charge in [-0.1, -0.05) is 24.3 Å². The number of rotatable bonds is 6. The molecule has 0 amide bonds. The normalized spacial score (nSPS) is 15.1. The van der Waals surface area contributed by atoms with Crippen LogP contribution in [0.4, 0.5) is 19.0 Å². The zero-order valence-electron chi connectivity index (χ0n) is 19.6. The van der Waals surface area contributed by atoms with E-state index in [9.17, 15) is 30.0 Å². The average Bonchev–Trinajstić information content (AvgIpc) is 2.83. The molecule has 14 heteroatoms. The van der Waals surface area contributed by atoms with Crippen molar-refractivity contribution in [1.82, 2.24) is 9.97 Å². The lowest BCUT2D eigenvalue weighted by atomic mass is 9.99. The van der Waals surface area contributed by atoms with E-state index in [0.717, 1.165) is 6.26 Å². The third-order valence-corrected chi connectivity index (χ3v) is 7.80. The molecule has 1 aromatic heterocycles. The Bertz CT molecular complexity index is 1500. The second-order valence-corrected chi connectivity index (χ2v) is 12.0. The summed E-state index contributed by atoms with van der Waals surface area (Å²) >= 11 is 0. The van der Waals surface area contributed by atoms with Crippen LogP contribution in [0.25, 0.3) is 11.3 Å². The number of sulfonamides is 1. The molecule has 1 fully saturated rings. The number of ether oxygens (including phenoxy) is 1. The van der Waals surface area contributed by atoms with E-state index in [1.807, 2.05) is 0 Å². The number of primary sulfonamides is 1. The molecule has 0 unspecified atom stereocenters. The van der Waals surface area contributed by atoms with Crippen molar-refractivity contribution in [3.8, 4) is 11.3 Å².